The average molecular weight is 614 g/mol. The lowest BCUT2D eigenvalue weighted by atomic mass is 9.76. The van der Waals surface area contributed by atoms with Crippen molar-refractivity contribution in [1.29, 1.82) is 0 Å². The Kier molecular flexibility index (Phi) is 12.6. The lowest BCUT2D eigenvalue weighted by Gasteiger charge is -2.46. The van der Waals surface area contributed by atoms with Gasteiger partial charge in [0.25, 0.3) is 0 Å². The van der Waals surface area contributed by atoms with Gasteiger partial charge in [-0.3, -0.25) is 15.9 Å². The Morgan fingerprint density at radius 2 is 1.62 bits per heavy atom. The molecule has 0 radical (unpaired) electrons. The molecule has 0 bridgehead atoms. The highest BCUT2D eigenvalue weighted by atomic mass is 16.7. The summed E-state index contributed by atoms with van der Waals surface area (Å²) in [6, 6.07) is -1.67. The number of hydrogen-bond donors (Lipinski definition) is 12. The number of carbonyl (C=O) groups is 1. The lowest BCUT2D eigenvalue weighted by Crippen LogP contribution is -2.80. The summed E-state index contributed by atoms with van der Waals surface area (Å²) in [5.74, 6) is -1.09. The highest BCUT2D eigenvalue weighted by Crippen LogP contribution is 2.36. The fourth-order valence-electron chi connectivity index (χ4n) is 5.85. The highest BCUT2D eigenvalue weighted by molar-refractivity contribution is 5.83. The minimum Gasteiger partial charge on any atom is -0.391 e. The molecule has 2 heterocycles. The van der Waals surface area contributed by atoms with E-state index in [0.717, 1.165) is 0 Å². The van der Waals surface area contributed by atoms with Gasteiger partial charge in [-0.25, -0.2) is 0 Å². The maximum Gasteiger partial charge on any atom is 0.238 e. The van der Waals surface area contributed by atoms with Crippen LogP contribution in [0.4, 0.5) is 0 Å². The molecule has 42 heavy (non-hydrogen) atoms. The molecule has 16 atom stereocenters. The van der Waals surface area contributed by atoms with Crippen molar-refractivity contribution in [2.75, 3.05) is 6.54 Å². The second-order valence-corrected chi connectivity index (χ2v) is 11.8. The first-order chi connectivity index (χ1) is 19.7. The van der Waals surface area contributed by atoms with Crippen LogP contribution in [0.2, 0.25) is 0 Å². The van der Waals surface area contributed by atoms with Gasteiger partial charge in [0, 0.05) is 25.2 Å². The maximum absolute atomic E-state index is 12.7. The first-order valence-corrected chi connectivity index (χ1v) is 14.4. The minimum atomic E-state index is -1.52. The summed E-state index contributed by atoms with van der Waals surface area (Å²) >= 11 is 0. The molecule has 20 N–H and O–H groups in total. The topological polar surface area (TPSA) is 330 Å². The molecular formula is C25H51N5O12+4. The zero-order chi connectivity index (χ0) is 31.5. The normalized spacial score (nSPS) is 44.1. The number of aliphatic hydroxyl groups excluding tert-OH is 7. The molecular weight excluding hydrogens is 562 g/mol. The van der Waals surface area contributed by atoms with E-state index < -0.39 is 104 Å². The Labute approximate surface area is 243 Å². The predicted octanol–water partition coefficient (Wildman–Crippen LogP) is -9.52. The number of carbonyl (C=O) groups excluding carboxylic acids is 1. The van der Waals surface area contributed by atoms with E-state index in [2.05, 4.69) is 17.2 Å². The minimum absolute atomic E-state index is 0.118. The molecule has 3 aliphatic rings. The molecule has 2 aliphatic heterocycles. The molecule has 244 valence electrons. The van der Waals surface area contributed by atoms with E-state index in [1.165, 1.54) is 6.92 Å². The molecule has 1 saturated carbocycles. The zero-order valence-electron chi connectivity index (χ0n) is 23.9. The van der Waals surface area contributed by atoms with Crippen molar-refractivity contribution < 1.29 is 82.1 Å². The van der Waals surface area contributed by atoms with Gasteiger partial charge in [-0.1, -0.05) is 0 Å². The van der Waals surface area contributed by atoms with Crippen LogP contribution in [0.25, 0.3) is 0 Å². The summed E-state index contributed by atoms with van der Waals surface area (Å²) in [4.78, 5) is 12.7. The van der Waals surface area contributed by atoms with E-state index in [9.17, 15) is 40.5 Å². The van der Waals surface area contributed by atoms with Crippen LogP contribution in [0.3, 0.4) is 0 Å². The van der Waals surface area contributed by atoms with Crippen molar-refractivity contribution in [2.45, 2.75) is 131 Å². The van der Waals surface area contributed by atoms with Gasteiger partial charge >= 0.3 is 0 Å². The van der Waals surface area contributed by atoms with Crippen LogP contribution in [-0.2, 0) is 23.7 Å². The largest absolute Gasteiger partial charge is 0.391 e. The van der Waals surface area contributed by atoms with Crippen LogP contribution in [0.1, 0.15) is 39.0 Å². The van der Waals surface area contributed by atoms with Crippen molar-refractivity contribution in [3.05, 3.63) is 0 Å². The van der Waals surface area contributed by atoms with Gasteiger partial charge in [0.1, 0.15) is 54.9 Å². The van der Waals surface area contributed by atoms with Gasteiger partial charge in [0.15, 0.2) is 18.1 Å². The molecule has 0 aromatic carbocycles. The van der Waals surface area contributed by atoms with Crippen LogP contribution in [0.5, 0.6) is 0 Å². The van der Waals surface area contributed by atoms with Crippen LogP contribution < -0.4 is 28.3 Å². The number of hydrogen-bond acceptors (Lipinski definition) is 12. The number of nitrogens with two attached hydrogens (primary N) is 2. The summed E-state index contributed by atoms with van der Waals surface area (Å²) in [6.45, 7) is 1.72. The van der Waals surface area contributed by atoms with Crippen molar-refractivity contribution in [3.8, 4) is 0 Å². The molecule has 17 nitrogen and oxygen atoms in total. The van der Waals surface area contributed by atoms with Gasteiger partial charge in [0.2, 0.25) is 12.1 Å². The Hall–Kier alpha value is -1.42. The number of ketones is 1. The molecule has 3 fully saturated rings. The van der Waals surface area contributed by atoms with Gasteiger partial charge in [-0.15, -0.1) is 0 Å². The molecule has 0 aromatic rings. The second-order valence-electron chi connectivity index (χ2n) is 11.8. The molecule has 0 aromatic heterocycles. The summed E-state index contributed by atoms with van der Waals surface area (Å²) in [5, 5.41) is 79.4. The molecule has 6 unspecified atom stereocenters. The Morgan fingerprint density at radius 3 is 2.21 bits per heavy atom. The van der Waals surface area contributed by atoms with Gasteiger partial charge in [-0.05, 0) is 13.3 Å². The van der Waals surface area contributed by atoms with Crippen molar-refractivity contribution in [2.24, 2.45) is 11.7 Å². The van der Waals surface area contributed by atoms with E-state index in [1.54, 1.807) is 0 Å². The molecule has 0 spiro atoms. The first-order valence-electron chi connectivity index (χ1n) is 14.4. The van der Waals surface area contributed by atoms with Crippen LogP contribution in [-0.4, -0.2) is 146 Å². The number of amidine groups is 1. The van der Waals surface area contributed by atoms with E-state index in [1.807, 2.05) is 0 Å². The Bertz CT molecular complexity index is 904. The number of ether oxygens (including phenoxy) is 4. The number of aliphatic hydroxyl groups is 7. The number of quaternary nitrogens is 3. The second kappa shape index (κ2) is 15.0. The highest BCUT2D eigenvalue weighted by Gasteiger charge is 2.55. The molecule has 0 amide bonds. The van der Waals surface area contributed by atoms with Gasteiger partial charge in [0.05, 0.1) is 31.3 Å². The van der Waals surface area contributed by atoms with Crippen LogP contribution in [0, 0.1) is 5.92 Å². The Morgan fingerprint density at radius 1 is 0.976 bits per heavy atom. The van der Waals surface area contributed by atoms with Crippen molar-refractivity contribution in [3.63, 3.8) is 0 Å². The van der Waals surface area contributed by atoms with E-state index in [4.69, 9.17) is 30.1 Å². The quantitative estimate of drug-likeness (QED) is 0.0679. The monoisotopic (exact) mass is 613 g/mol. The molecule has 17 heteroatoms. The van der Waals surface area contributed by atoms with Crippen LogP contribution in [0.15, 0.2) is 0 Å². The summed E-state index contributed by atoms with van der Waals surface area (Å²) in [5.41, 5.74) is 17.1. The van der Waals surface area contributed by atoms with E-state index in [-0.39, 0.29) is 37.9 Å². The van der Waals surface area contributed by atoms with Crippen molar-refractivity contribution >= 4 is 11.6 Å². The zero-order valence-corrected chi connectivity index (χ0v) is 23.9. The van der Waals surface area contributed by atoms with Crippen molar-refractivity contribution in [1.82, 2.24) is 0 Å². The fraction of sp³-hybridized carbons (Fsp3) is 0.920. The van der Waals surface area contributed by atoms with Gasteiger partial charge in [-0.2, -0.15) is 0 Å². The summed E-state index contributed by atoms with van der Waals surface area (Å²) in [6.07, 6.45) is -16.2. The third-order valence-corrected chi connectivity index (χ3v) is 8.39. The van der Waals surface area contributed by atoms with E-state index in [0.29, 0.717) is 6.54 Å². The average Bonchev–Trinajstić information content (AvgIpc) is 3.19. The van der Waals surface area contributed by atoms with Gasteiger partial charge < -0.3 is 71.9 Å². The first kappa shape index (κ1) is 35.1. The standard InChI is InChI=1S/C25H47N5O12/c1-8(31)21-19(37)18(36)15(30)24(40-21)41-22-10(27)6-9(7-12(33)11(32)4-5-26)16(34)23(22)42-25-20(38)17(35)13(39-25)2-3-14(28)29/h8-11,13,15-25,31-32,34-38H,2-7,26-27,30H2,1H3,(H3,28,29)/p+4/t8-,9?,10?,11?,13-,15?,16-,17+,18-,19+,20?,21?,22-,23-,24-,25+/m1/s1. The fourth-order valence-corrected chi connectivity index (χ4v) is 5.85. The van der Waals surface area contributed by atoms with E-state index >= 15 is 0 Å². The lowest BCUT2D eigenvalue weighted by molar-refractivity contribution is -0.520. The predicted molar refractivity (Wildman–Crippen MR) is 139 cm³/mol. The third kappa shape index (κ3) is 7.99. The maximum atomic E-state index is 12.7. The van der Waals surface area contributed by atoms with Crippen LogP contribution >= 0.6 is 0 Å². The number of Topliss-reactive ketones (excluding diaryl/α,β-unsaturated/α-hetero) is 1. The molecule has 2 saturated heterocycles. The Balaban J connectivity index is 1.85. The summed E-state index contributed by atoms with van der Waals surface area (Å²) < 4.78 is 23.7. The molecule has 3 rings (SSSR count). The third-order valence-electron chi connectivity index (χ3n) is 8.39. The smallest absolute Gasteiger partial charge is 0.238 e. The SMILES string of the molecule is C[C@@H](O)C1O[C@H](O[C@@H]2C([NH3+])CC(CC(=O)C(O)CC[NH3+])[C@@H](O)[C@H]2O[C@@H]2O[C@H](CCC(N)=[NH2+])[C@H](O)C2O)C([NH3+])[C@@H](O)[C@@H]1O. The number of rotatable bonds is 13. The molecule has 1 aliphatic carbocycles. The summed E-state index contributed by atoms with van der Waals surface area (Å²) in [7, 11) is 0.